The van der Waals surface area contributed by atoms with Crippen molar-refractivity contribution in [3.8, 4) is 0 Å². The van der Waals surface area contributed by atoms with E-state index in [1.54, 1.807) is 0 Å². The van der Waals surface area contributed by atoms with Crippen molar-refractivity contribution >= 4 is 18.2 Å². The number of phosphoric acid groups is 1. The Morgan fingerprint density at radius 1 is 0.548 bits per heavy atom. The summed E-state index contributed by atoms with van der Waals surface area (Å²) in [5, 5.41) is 88.0. The Morgan fingerprint density at radius 3 is 1.26 bits per heavy atom. The molecule has 0 amide bonds. The molecule has 184 valence electrons. The maximum absolute atomic E-state index is 12.3. The highest BCUT2D eigenvalue weighted by atomic mass is 32.3. The van der Waals surface area contributed by atoms with Crippen LogP contribution in [-0.4, -0.2) is 137 Å². The molecule has 12 unspecified atom stereocenters. The largest absolute Gasteiger partial charge is 0.473 e. The summed E-state index contributed by atoms with van der Waals surface area (Å²) in [5.74, 6) is 0. The maximum atomic E-state index is 12.3. The Hall–Kier alpha value is -0.380. The highest BCUT2D eigenvalue weighted by Gasteiger charge is 2.56. The first-order valence-electron chi connectivity index (χ1n) is 8.46. The molecule has 2 aliphatic rings. The zero-order chi connectivity index (χ0) is 24.0. The standard InChI is InChI=1S/C12H23O17PS/c13-1-2(14)4(16)7(19)10(6(18)3(1)15)27-30(22,23)28-11-8(20)5(17)9(21)12(11)29-31(24,25)26/h1-21H,(H,22,23)(H,24,25,26). The molecule has 0 aromatic rings. The fourth-order valence-electron chi connectivity index (χ4n) is 3.21. The van der Waals surface area contributed by atoms with Crippen LogP contribution in [0, 0.1) is 0 Å². The summed E-state index contributed by atoms with van der Waals surface area (Å²) in [4.78, 5) is 9.92. The van der Waals surface area contributed by atoms with E-state index >= 15 is 0 Å². The monoisotopic (exact) mass is 502 g/mol. The van der Waals surface area contributed by atoms with Gasteiger partial charge >= 0.3 is 18.2 Å². The van der Waals surface area contributed by atoms with E-state index in [1.807, 2.05) is 0 Å². The van der Waals surface area contributed by atoms with Gasteiger partial charge in [-0.05, 0) is 0 Å². The second kappa shape index (κ2) is 9.47. The first-order chi connectivity index (χ1) is 14.0. The van der Waals surface area contributed by atoms with Gasteiger partial charge in [-0.25, -0.2) is 8.75 Å². The summed E-state index contributed by atoms with van der Waals surface area (Å²) in [6.07, 6.45) is -27.6. The molecule has 0 bridgehead atoms. The normalized spacial score (nSPS) is 48.9. The van der Waals surface area contributed by atoms with E-state index in [4.69, 9.17) is 4.55 Å². The number of hydrogen-bond donors (Lipinski definition) is 11. The molecule has 2 saturated carbocycles. The van der Waals surface area contributed by atoms with Crippen LogP contribution in [0.15, 0.2) is 0 Å². The number of hydrogen-bond acceptors (Lipinski definition) is 15. The van der Waals surface area contributed by atoms with Gasteiger partial charge in [-0.15, -0.1) is 0 Å². The first-order valence-corrected chi connectivity index (χ1v) is 11.3. The minimum absolute atomic E-state index is 2.18. The summed E-state index contributed by atoms with van der Waals surface area (Å²) < 4.78 is 55.9. The molecule has 0 radical (unpaired) electrons. The van der Waals surface area contributed by atoms with E-state index < -0.39 is 91.5 Å². The molecular weight excluding hydrogens is 479 g/mol. The molecule has 31 heavy (non-hydrogen) atoms. The van der Waals surface area contributed by atoms with Crippen molar-refractivity contribution in [2.24, 2.45) is 0 Å². The van der Waals surface area contributed by atoms with Crippen molar-refractivity contribution in [1.82, 2.24) is 0 Å². The van der Waals surface area contributed by atoms with E-state index in [2.05, 4.69) is 13.2 Å². The number of aliphatic hydroxyl groups excluding tert-OH is 9. The molecule has 19 heteroatoms. The van der Waals surface area contributed by atoms with Crippen LogP contribution in [0.25, 0.3) is 0 Å². The van der Waals surface area contributed by atoms with Crippen LogP contribution in [0.3, 0.4) is 0 Å². The van der Waals surface area contributed by atoms with Gasteiger partial charge in [-0.2, -0.15) is 8.42 Å². The van der Waals surface area contributed by atoms with Crippen LogP contribution in [0.2, 0.25) is 0 Å². The van der Waals surface area contributed by atoms with Crippen molar-refractivity contribution in [3.05, 3.63) is 0 Å². The minimum atomic E-state index is -5.63. The van der Waals surface area contributed by atoms with Gasteiger partial charge in [0.1, 0.15) is 73.2 Å². The molecule has 2 rings (SSSR count). The summed E-state index contributed by atoms with van der Waals surface area (Å²) in [7, 11) is -11.0. The average molecular weight is 502 g/mol. The molecule has 17 nitrogen and oxygen atoms in total. The van der Waals surface area contributed by atoms with Crippen molar-refractivity contribution in [3.63, 3.8) is 0 Å². The van der Waals surface area contributed by atoms with Gasteiger partial charge in [-0.1, -0.05) is 0 Å². The number of aliphatic hydroxyl groups is 9. The molecule has 11 N–H and O–H groups in total. The third-order valence-electron chi connectivity index (χ3n) is 4.86. The summed E-state index contributed by atoms with van der Waals surface area (Å²) >= 11 is 0. The van der Waals surface area contributed by atoms with Crippen LogP contribution in [0.1, 0.15) is 0 Å². The molecule has 0 heterocycles. The molecule has 2 fully saturated rings. The van der Waals surface area contributed by atoms with Crippen LogP contribution < -0.4 is 0 Å². The van der Waals surface area contributed by atoms with E-state index in [1.165, 1.54) is 0 Å². The highest BCUT2D eigenvalue weighted by Crippen LogP contribution is 2.50. The lowest BCUT2D eigenvalue weighted by atomic mass is 10.0. The van der Waals surface area contributed by atoms with Crippen molar-refractivity contribution in [2.45, 2.75) is 73.2 Å². The van der Waals surface area contributed by atoms with Crippen molar-refractivity contribution in [2.75, 3.05) is 0 Å². The highest BCUT2D eigenvalue weighted by molar-refractivity contribution is 7.80. The molecule has 0 aliphatic heterocycles. The van der Waals surface area contributed by atoms with E-state index in [0.29, 0.717) is 0 Å². The quantitative estimate of drug-likeness (QED) is 0.0913. The van der Waals surface area contributed by atoms with Crippen LogP contribution >= 0.6 is 7.82 Å². The predicted molar refractivity (Wildman–Crippen MR) is 90.1 cm³/mol. The fraction of sp³-hybridized carbons (Fsp3) is 1.00. The van der Waals surface area contributed by atoms with Gasteiger partial charge < -0.3 is 50.9 Å². The van der Waals surface area contributed by atoms with Crippen molar-refractivity contribution in [1.29, 1.82) is 0 Å². The SMILES string of the molecule is O=P(O)(OC1C(O)C(O)C(O)C(O)C(O)C1O)OC1C(O)C(O)C(O)C1OS(=O)(=O)O. The van der Waals surface area contributed by atoms with Gasteiger partial charge in [0.05, 0.1) is 0 Å². The fourth-order valence-corrected chi connectivity index (χ4v) is 4.87. The lowest BCUT2D eigenvalue weighted by molar-refractivity contribution is -0.127. The lowest BCUT2D eigenvalue weighted by Crippen LogP contribution is -2.48. The van der Waals surface area contributed by atoms with Crippen LogP contribution in [-0.2, 0) is 28.2 Å². The number of rotatable bonds is 6. The average Bonchev–Trinajstić information content (AvgIpc) is 2.82. The van der Waals surface area contributed by atoms with Crippen LogP contribution in [0.4, 0.5) is 0 Å². The Kier molecular flexibility index (Phi) is 8.21. The van der Waals surface area contributed by atoms with Gasteiger partial charge in [0, 0.05) is 0 Å². The van der Waals surface area contributed by atoms with E-state index in [0.717, 1.165) is 0 Å². The molecular formula is C12H23O17PS. The second-order valence-corrected chi connectivity index (χ2v) is 9.42. The van der Waals surface area contributed by atoms with Crippen LogP contribution in [0.5, 0.6) is 0 Å². The zero-order valence-corrected chi connectivity index (χ0v) is 16.9. The van der Waals surface area contributed by atoms with Gasteiger partial charge in [0.15, 0.2) is 0 Å². The summed E-state index contributed by atoms with van der Waals surface area (Å²) in [5.41, 5.74) is 0. The predicted octanol–water partition coefficient (Wildman–Crippen LogP) is -6.68. The molecule has 2 aliphatic carbocycles. The molecule has 12 atom stereocenters. The Bertz CT molecular complexity index is 757. The Labute approximate surface area is 173 Å². The molecule has 0 saturated heterocycles. The zero-order valence-electron chi connectivity index (χ0n) is 15.2. The second-order valence-electron chi connectivity index (χ2n) is 7.01. The van der Waals surface area contributed by atoms with E-state index in [9.17, 15) is 63.8 Å². The smallest absolute Gasteiger partial charge is 0.387 e. The first kappa shape index (κ1) is 26.9. The summed E-state index contributed by atoms with van der Waals surface area (Å²) in [6.45, 7) is 0. The third-order valence-corrected chi connectivity index (χ3v) is 6.35. The maximum Gasteiger partial charge on any atom is 0.473 e. The topological polar surface area (TPSA) is 301 Å². The molecule has 0 aromatic heterocycles. The Balaban J connectivity index is 2.27. The Morgan fingerprint density at radius 2 is 0.839 bits per heavy atom. The molecule has 0 aromatic carbocycles. The molecule has 0 spiro atoms. The van der Waals surface area contributed by atoms with E-state index in [-0.39, 0.29) is 0 Å². The van der Waals surface area contributed by atoms with Gasteiger partial charge in [0.2, 0.25) is 0 Å². The minimum Gasteiger partial charge on any atom is -0.387 e. The summed E-state index contributed by atoms with van der Waals surface area (Å²) in [6, 6.07) is 0. The number of phosphoric ester groups is 1. The van der Waals surface area contributed by atoms with Gasteiger partial charge in [-0.3, -0.25) is 13.6 Å². The van der Waals surface area contributed by atoms with Crippen molar-refractivity contribution < 1.29 is 81.6 Å². The van der Waals surface area contributed by atoms with Gasteiger partial charge in [0.25, 0.3) is 0 Å². The third kappa shape index (κ3) is 5.76. The lowest BCUT2D eigenvalue weighted by Gasteiger charge is -2.31.